The van der Waals surface area contributed by atoms with E-state index in [0.29, 0.717) is 11.4 Å². The fraction of sp³-hybridized carbons (Fsp3) is 0.143. The van der Waals surface area contributed by atoms with Crippen LogP contribution in [0.3, 0.4) is 0 Å². The van der Waals surface area contributed by atoms with E-state index in [0.717, 1.165) is 6.26 Å². The zero-order valence-corrected chi connectivity index (χ0v) is 12.1. The van der Waals surface area contributed by atoms with Gasteiger partial charge in [-0.25, -0.2) is 13.2 Å². The number of nitrogens with zero attached hydrogens (tertiary/aromatic N) is 1. The first-order valence-corrected chi connectivity index (χ1v) is 7.98. The van der Waals surface area contributed by atoms with Gasteiger partial charge in [0.2, 0.25) is 0 Å². The average molecular weight is 306 g/mol. The van der Waals surface area contributed by atoms with Gasteiger partial charge in [-0.2, -0.15) is 0 Å². The molecule has 2 rings (SSSR count). The summed E-state index contributed by atoms with van der Waals surface area (Å²) >= 11 is 0. The number of carboxylic acid groups (broad SMARTS) is 1. The number of aromatic nitrogens is 1. The number of rotatable bonds is 5. The molecule has 110 valence electrons. The van der Waals surface area contributed by atoms with Gasteiger partial charge in [-0.3, -0.25) is 4.98 Å². The highest BCUT2D eigenvalue weighted by Crippen LogP contribution is 2.21. The van der Waals surface area contributed by atoms with Gasteiger partial charge < -0.3 is 10.4 Å². The van der Waals surface area contributed by atoms with Crippen molar-refractivity contribution in [3.8, 4) is 0 Å². The van der Waals surface area contributed by atoms with Crippen molar-refractivity contribution in [1.82, 2.24) is 4.98 Å². The Kier molecular flexibility index (Phi) is 4.23. The van der Waals surface area contributed by atoms with Crippen molar-refractivity contribution in [1.29, 1.82) is 0 Å². The first kappa shape index (κ1) is 15.0. The number of pyridine rings is 1. The molecule has 0 fully saturated rings. The molecule has 2 aromatic rings. The third-order valence-electron chi connectivity index (χ3n) is 2.81. The van der Waals surface area contributed by atoms with Crippen LogP contribution in [-0.2, 0) is 16.4 Å². The highest BCUT2D eigenvalue weighted by Gasteiger charge is 2.12. The van der Waals surface area contributed by atoms with E-state index in [-0.39, 0.29) is 17.0 Å². The van der Waals surface area contributed by atoms with E-state index in [1.807, 2.05) is 0 Å². The Bertz CT molecular complexity index is 772. The molecule has 21 heavy (non-hydrogen) atoms. The number of hydrogen-bond acceptors (Lipinski definition) is 5. The normalized spacial score (nSPS) is 11.1. The Balaban J connectivity index is 2.21. The largest absolute Gasteiger partial charge is 0.478 e. The van der Waals surface area contributed by atoms with E-state index in [2.05, 4.69) is 10.3 Å². The molecule has 0 aliphatic rings. The molecule has 0 amide bonds. The van der Waals surface area contributed by atoms with Crippen molar-refractivity contribution in [2.24, 2.45) is 0 Å². The van der Waals surface area contributed by atoms with E-state index < -0.39 is 15.8 Å². The molecular formula is C14H14N2O4S. The molecule has 1 heterocycles. The molecule has 7 heteroatoms. The smallest absolute Gasteiger partial charge is 0.335 e. The fourth-order valence-corrected chi connectivity index (χ4v) is 2.70. The van der Waals surface area contributed by atoms with Crippen molar-refractivity contribution in [3.05, 3.63) is 53.9 Å². The van der Waals surface area contributed by atoms with Crippen LogP contribution in [0.1, 0.15) is 16.1 Å². The van der Waals surface area contributed by atoms with E-state index in [9.17, 15) is 13.2 Å². The number of nitrogens with one attached hydrogen (secondary N) is 1. The number of hydrogen-bond donors (Lipinski definition) is 2. The van der Waals surface area contributed by atoms with Gasteiger partial charge in [0.15, 0.2) is 9.84 Å². The third-order valence-corrected chi connectivity index (χ3v) is 3.96. The van der Waals surface area contributed by atoms with Crippen molar-refractivity contribution >= 4 is 21.5 Å². The van der Waals surface area contributed by atoms with E-state index in [1.165, 1.54) is 24.4 Å². The minimum absolute atomic E-state index is 0.137. The van der Waals surface area contributed by atoms with Crippen LogP contribution in [0.15, 0.2) is 47.5 Å². The first-order valence-electron chi connectivity index (χ1n) is 6.09. The van der Waals surface area contributed by atoms with Gasteiger partial charge in [0.1, 0.15) is 0 Å². The maximum absolute atomic E-state index is 11.7. The number of sulfone groups is 1. The van der Waals surface area contributed by atoms with Gasteiger partial charge in [0, 0.05) is 12.5 Å². The van der Waals surface area contributed by atoms with Crippen LogP contribution in [0, 0.1) is 0 Å². The standard InChI is InChI=1S/C14H14N2O4S/c1-21(19,20)13-5-3-2-4-12(13)16-9-11-8-10(14(17)18)6-7-15-11/h2-8,16H,9H2,1H3,(H,17,18). The second kappa shape index (κ2) is 5.92. The van der Waals surface area contributed by atoms with Gasteiger partial charge in [-0.15, -0.1) is 0 Å². The number of carboxylic acids is 1. The summed E-state index contributed by atoms with van der Waals surface area (Å²) in [5, 5.41) is 11.9. The SMILES string of the molecule is CS(=O)(=O)c1ccccc1NCc1cc(C(=O)O)ccn1. The number of carbonyl (C=O) groups is 1. The second-order valence-electron chi connectivity index (χ2n) is 4.46. The van der Waals surface area contributed by atoms with Gasteiger partial charge in [0.05, 0.1) is 28.4 Å². The molecule has 0 saturated carbocycles. The summed E-state index contributed by atoms with van der Waals surface area (Å²) in [6.45, 7) is 0.230. The van der Waals surface area contributed by atoms with E-state index in [4.69, 9.17) is 5.11 Å². The zero-order valence-electron chi connectivity index (χ0n) is 11.3. The van der Waals surface area contributed by atoms with Crippen LogP contribution >= 0.6 is 0 Å². The van der Waals surface area contributed by atoms with Crippen LogP contribution in [-0.4, -0.2) is 30.7 Å². The molecule has 0 spiro atoms. The van der Waals surface area contributed by atoms with E-state index >= 15 is 0 Å². The Labute approximate surface area is 122 Å². The topological polar surface area (TPSA) is 96.4 Å². The molecule has 1 aromatic heterocycles. The lowest BCUT2D eigenvalue weighted by molar-refractivity contribution is 0.0696. The third kappa shape index (κ3) is 3.79. The zero-order chi connectivity index (χ0) is 15.5. The van der Waals surface area contributed by atoms with Gasteiger partial charge >= 0.3 is 5.97 Å². The van der Waals surface area contributed by atoms with E-state index in [1.54, 1.807) is 18.2 Å². The average Bonchev–Trinajstić information content (AvgIpc) is 2.45. The molecule has 0 saturated heterocycles. The maximum Gasteiger partial charge on any atom is 0.335 e. The lowest BCUT2D eigenvalue weighted by Crippen LogP contribution is -2.08. The van der Waals surface area contributed by atoms with Crippen molar-refractivity contribution in [2.45, 2.75) is 11.4 Å². The minimum Gasteiger partial charge on any atom is -0.478 e. The maximum atomic E-state index is 11.7. The van der Waals surface area contributed by atoms with Crippen molar-refractivity contribution in [2.75, 3.05) is 11.6 Å². The molecule has 0 unspecified atom stereocenters. The number of aromatic carboxylic acids is 1. The molecular weight excluding hydrogens is 292 g/mol. The Hall–Kier alpha value is -2.41. The predicted octanol–water partition coefficient (Wildman–Crippen LogP) is 1.80. The molecule has 0 atom stereocenters. The molecule has 0 bridgehead atoms. The monoisotopic (exact) mass is 306 g/mol. The van der Waals surface area contributed by atoms with Crippen LogP contribution in [0.4, 0.5) is 5.69 Å². The quantitative estimate of drug-likeness (QED) is 0.874. The Morgan fingerprint density at radius 1 is 1.29 bits per heavy atom. The van der Waals surface area contributed by atoms with Crippen molar-refractivity contribution < 1.29 is 18.3 Å². The number of anilines is 1. The molecule has 2 N–H and O–H groups in total. The minimum atomic E-state index is -3.34. The fourth-order valence-electron chi connectivity index (χ4n) is 1.83. The van der Waals surface area contributed by atoms with Crippen LogP contribution in [0.2, 0.25) is 0 Å². The number of para-hydroxylation sites is 1. The highest BCUT2D eigenvalue weighted by molar-refractivity contribution is 7.90. The van der Waals surface area contributed by atoms with Crippen LogP contribution in [0.5, 0.6) is 0 Å². The van der Waals surface area contributed by atoms with Crippen LogP contribution < -0.4 is 5.32 Å². The first-order chi connectivity index (χ1) is 9.88. The molecule has 0 aliphatic carbocycles. The summed E-state index contributed by atoms with van der Waals surface area (Å²) in [6.07, 6.45) is 2.54. The summed E-state index contributed by atoms with van der Waals surface area (Å²) in [6, 6.07) is 9.37. The summed E-state index contributed by atoms with van der Waals surface area (Å²) in [7, 11) is -3.34. The summed E-state index contributed by atoms with van der Waals surface area (Å²) in [5.74, 6) is -1.03. The molecule has 1 aromatic carbocycles. The van der Waals surface area contributed by atoms with Crippen LogP contribution in [0.25, 0.3) is 0 Å². The number of benzene rings is 1. The lowest BCUT2D eigenvalue weighted by Gasteiger charge is -2.10. The second-order valence-corrected chi connectivity index (χ2v) is 6.45. The van der Waals surface area contributed by atoms with Crippen molar-refractivity contribution in [3.63, 3.8) is 0 Å². The predicted molar refractivity (Wildman–Crippen MR) is 78.1 cm³/mol. The van der Waals surface area contributed by atoms with Gasteiger partial charge in [-0.05, 0) is 24.3 Å². The Morgan fingerprint density at radius 3 is 2.67 bits per heavy atom. The lowest BCUT2D eigenvalue weighted by atomic mass is 10.2. The summed E-state index contributed by atoms with van der Waals surface area (Å²) in [4.78, 5) is 15.1. The van der Waals surface area contributed by atoms with Gasteiger partial charge in [-0.1, -0.05) is 12.1 Å². The Morgan fingerprint density at radius 2 is 2.00 bits per heavy atom. The highest BCUT2D eigenvalue weighted by atomic mass is 32.2. The van der Waals surface area contributed by atoms with Gasteiger partial charge in [0.25, 0.3) is 0 Å². The summed E-state index contributed by atoms with van der Waals surface area (Å²) in [5.41, 5.74) is 1.11. The molecule has 0 aliphatic heterocycles. The summed E-state index contributed by atoms with van der Waals surface area (Å²) < 4.78 is 23.4. The molecule has 0 radical (unpaired) electrons. The molecule has 6 nitrogen and oxygen atoms in total.